The lowest BCUT2D eigenvalue weighted by molar-refractivity contribution is 0.0527. The highest BCUT2D eigenvalue weighted by Crippen LogP contribution is 2.34. The number of para-hydroxylation sites is 3. The predicted molar refractivity (Wildman–Crippen MR) is 157 cm³/mol. The zero-order chi connectivity index (χ0) is 27.0. The summed E-state index contributed by atoms with van der Waals surface area (Å²) in [6.07, 6.45) is 2.03. The minimum Gasteiger partial charge on any atom is -0.462 e. The van der Waals surface area contributed by atoms with Gasteiger partial charge < -0.3 is 19.3 Å². The standard InChI is InChI=1S/C33H31N3O3/c1-3-35-24-29(39-33(35)34-31-18-12-11-17-30(31)32(37)38-4-2)23-25-19-21-28(22-20-25)36(26-13-7-5-8-14-26)27-15-9-6-10-16-27/h5-23H,3-4,24H2,1-2H3/b29-23+,34-33+. The van der Waals surface area contributed by atoms with Crippen molar-refractivity contribution in [3.63, 3.8) is 0 Å². The van der Waals surface area contributed by atoms with Crippen LogP contribution in [0.5, 0.6) is 0 Å². The van der Waals surface area contributed by atoms with Crippen LogP contribution in [0.3, 0.4) is 0 Å². The van der Waals surface area contributed by atoms with Gasteiger partial charge in [-0.3, -0.25) is 0 Å². The Morgan fingerprint density at radius 3 is 2.05 bits per heavy atom. The van der Waals surface area contributed by atoms with Crippen LogP contribution < -0.4 is 4.90 Å². The average Bonchev–Trinajstić information content (AvgIpc) is 3.36. The molecule has 0 spiro atoms. The van der Waals surface area contributed by atoms with Crippen molar-refractivity contribution < 1.29 is 14.3 Å². The number of nitrogens with zero attached hydrogens (tertiary/aromatic N) is 3. The zero-order valence-electron chi connectivity index (χ0n) is 22.2. The Hall–Kier alpha value is -4.84. The van der Waals surface area contributed by atoms with E-state index in [-0.39, 0.29) is 0 Å². The Morgan fingerprint density at radius 1 is 0.846 bits per heavy atom. The number of rotatable bonds is 8. The van der Waals surface area contributed by atoms with Crippen LogP contribution in [0.4, 0.5) is 22.7 Å². The number of anilines is 3. The molecule has 0 saturated carbocycles. The molecule has 4 aromatic rings. The Bertz CT molecular complexity index is 1430. The fraction of sp³-hybridized carbons (Fsp3) is 0.152. The van der Waals surface area contributed by atoms with E-state index < -0.39 is 5.97 Å². The zero-order valence-corrected chi connectivity index (χ0v) is 22.2. The van der Waals surface area contributed by atoms with Crippen LogP contribution in [0.15, 0.2) is 120 Å². The first-order valence-electron chi connectivity index (χ1n) is 13.1. The van der Waals surface area contributed by atoms with Crippen LogP contribution in [0.2, 0.25) is 0 Å². The van der Waals surface area contributed by atoms with E-state index in [4.69, 9.17) is 9.47 Å². The molecule has 0 unspecified atom stereocenters. The molecule has 1 heterocycles. The second-order valence-corrected chi connectivity index (χ2v) is 8.96. The highest BCUT2D eigenvalue weighted by Gasteiger charge is 2.25. The van der Waals surface area contributed by atoms with Gasteiger partial charge in [0.1, 0.15) is 5.76 Å². The maximum atomic E-state index is 12.4. The maximum absolute atomic E-state index is 12.4. The topological polar surface area (TPSA) is 54.4 Å². The lowest BCUT2D eigenvalue weighted by atomic mass is 10.1. The van der Waals surface area contributed by atoms with Gasteiger partial charge in [0.15, 0.2) is 0 Å². The van der Waals surface area contributed by atoms with Crippen molar-refractivity contribution >= 4 is 40.8 Å². The predicted octanol–water partition coefficient (Wildman–Crippen LogP) is 7.71. The molecule has 0 aliphatic carbocycles. The van der Waals surface area contributed by atoms with E-state index in [1.54, 1.807) is 25.1 Å². The normalized spacial score (nSPS) is 14.9. The fourth-order valence-electron chi connectivity index (χ4n) is 4.45. The number of carbonyl (C=O) groups is 1. The van der Waals surface area contributed by atoms with Crippen molar-refractivity contribution in [2.45, 2.75) is 13.8 Å². The number of hydrogen-bond acceptors (Lipinski definition) is 5. The van der Waals surface area contributed by atoms with E-state index in [1.165, 1.54) is 0 Å². The minimum atomic E-state index is -0.394. The van der Waals surface area contributed by atoms with Crippen molar-refractivity contribution in [3.8, 4) is 0 Å². The summed E-state index contributed by atoms with van der Waals surface area (Å²) in [6.45, 7) is 5.46. The maximum Gasteiger partial charge on any atom is 0.340 e. The molecule has 0 amide bonds. The van der Waals surface area contributed by atoms with E-state index in [0.29, 0.717) is 30.4 Å². The van der Waals surface area contributed by atoms with Crippen molar-refractivity contribution in [1.82, 2.24) is 4.90 Å². The molecule has 196 valence electrons. The van der Waals surface area contributed by atoms with Crippen LogP contribution in [-0.4, -0.2) is 36.6 Å². The first-order chi connectivity index (χ1) is 19.2. The molecule has 6 heteroatoms. The molecule has 39 heavy (non-hydrogen) atoms. The van der Waals surface area contributed by atoms with Crippen LogP contribution in [0, 0.1) is 0 Å². The third kappa shape index (κ3) is 6.02. The Kier molecular flexibility index (Phi) is 8.03. The van der Waals surface area contributed by atoms with Gasteiger partial charge >= 0.3 is 5.97 Å². The lowest BCUT2D eigenvalue weighted by Crippen LogP contribution is -2.24. The first-order valence-corrected chi connectivity index (χ1v) is 13.1. The fourth-order valence-corrected chi connectivity index (χ4v) is 4.45. The lowest BCUT2D eigenvalue weighted by Gasteiger charge is -2.25. The Morgan fingerprint density at radius 2 is 1.44 bits per heavy atom. The first kappa shape index (κ1) is 25.8. The van der Waals surface area contributed by atoms with Crippen molar-refractivity contribution in [3.05, 3.63) is 126 Å². The van der Waals surface area contributed by atoms with E-state index >= 15 is 0 Å². The molecule has 5 rings (SSSR count). The number of ether oxygens (including phenoxy) is 2. The number of likely N-dealkylation sites (N-methyl/N-ethyl adjacent to an activating group) is 1. The Balaban J connectivity index is 1.39. The molecule has 1 aliphatic heterocycles. The summed E-state index contributed by atoms with van der Waals surface area (Å²) in [5, 5.41) is 0. The molecule has 1 fully saturated rings. The largest absolute Gasteiger partial charge is 0.462 e. The molecule has 0 N–H and O–H groups in total. The number of carbonyl (C=O) groups excluding carboxylic acids is 1. The molecule has 4 aromatic carbocycles. The minimum absolute atomic E-state index is 0.307. The third-order valence-corrected chi connectivity index (χ3v) is 6.34. The highest BCUT2D eigenvalue weighted by atomic mass is 16.5. The van der Waals surface area contributed by atoms with Crippen LogP contribution in [-0.2, 0) is 9.47 Å². The van der Waals surface area contributed by atoms with E-state index in [9.17, 15) is 4.79 Å². The molecule has 1 aliphatic rings. The van der Waals surface area contributed by atoms with Gasteiger partial charge in [-0.05, 0) is 74.0 Å². The van der Waals surface area contributed by atoms with E-state index in [0.717, 1.165) is 34.9 Å². The van der Waals surface area contributed by atoms with Crippen LogP contribution in [0.25, 0.3) is 6.08 Å². The second-order valence-electron chi connectivity index (χ2n) is 8.96. The van der Waals surface area contributed by atoms with Gasteiger partial charge in [-0.1, -0.05) is 60.7 Å². The summed E-state index contributed by atoms with van der Waals surface area (Å²) in [5.41, 5.74) is 5.22. The molecule has 1 saturated heterocycles. The third-order valence-electron chi connectivity index (χ3n) is 6.34. The molecule has 0 aromatic heterocycles. The van der Waals surface area contributed by atoms with Crippen LogP contribution in [0.1, 0.15) is 29.8 Å². The van der Waals surface area contributed by atoms with Gasteiger partial charge in [0, 0.05) is 23.6 Å². The van der Waals surface area contributed by atoms with Crippen molar-refractivity contribution in [2.24, 2.45) is 4.99 Å². The Labute approximate surface area is 229 Å². The summed E-state index contributed by atoms with van der Waals surface area (Å²) in [5.74, 6) is 0.398. The molecule has 0 radical (unpaired) electrons. The summed E-state index contributed by atoms with van der Waals surface area (Å²) in [4.78, 5) is 21.3. The van der Waals surface area contributed by atoms with E-state index in [2.05, 4.69) is 65.3 Å². The van der Waals surface area contributed by atoms with Gasteiger partial charge in [0.05, 0.1) is 24.4 Å². The monoisotopic (exact) mass is 517 g/mol. The van der Waals surface area contributed by atoms with Gasteiger partial charge in [-0.2, -0.15) is 4.99 Å². The van der Waals surface area contributed by atoms with Gasteiger partial charge in [-0.15, -0.1) is 0 Å². The highest BCUT2D eigenvalue weighted by molar-refractivity contribution is 5.96. The number of hydrogen-bond donors (Lipinski definition) is 0. The van der Waals surface area contributed by atoms with Gasteiger partial charge in [0.2, 0.25) is 0 Å². The summed E-state index contributed by atoms with van der Waals surface area (Å²) >= 11 is 0. The van der Waals surface area contributed by atoms with Crippen molar-refractivity contribution in [2.75, 3.05) is 24.6 Å². The molecular weight excluding hydrogens is 486 g/mol. The molecule has 0 atom stereocenters. The molecule has 0 bridgehead atoms. The second kappa shape index (κ2) is 12.1. The number of amidine groups is 1. The van der Waals surface area contributed by atoms with Crippen molar-refractivity contribution in [1.29, 1.82) is 0 Å². The molecule has 6 nitrogen and oxygen atoms in total. The summed E-state index contributed by atoms with van der Waals surface area (Å²) in [6, 6.07) is 36.7. The number of esters is 1. The summed E-state index contributed by atoms with van der Waals surface area (Å²) < 4.78 is 11.4. The van der Waals surface area contributed by atoms with Gasteiger partial charge in [-0.25, -0.2) is 4.79 Å². The smallest absolute Gasteiger partial charge is 0.340 e. The quantitative estimate of drug-likeness (QED) is 0.224. The number of benzene rings is 4. The number of aliphatic imine (C=N–C) groups is 1. The van der Waals surface area contributed by atoms with Crippen LogP contribution >= 0.6 is 0 Å². The van der Waals surface area contributed by atoms with E-state index in [1.807, 2.05) is 53.4 Å². The average molecular weight is 518 g/mol. The summed E-state index contributed by atoms with van der Waals surface area (Å²) in [7, 11) is 0. The SMILES string of the molecule is CCOC(=O)c1ccccc1/N=C1/O/C(=C/c2ccc(N(c3ccccc3)c3ccccc3)cc2)CN1CC. The van der Waals surface area contributed by atoms with Gasteiger partial charge in [0.25, 0.3) is 6.02 Å². The molecular formula is C33H31N3O3.